The van der Waals surface area contributed by atoms with Crippen LogP contribution in [0.15, 0.2) is 0 Å². The Morgan fingerprint density at radius 2 is 2.07 bits per heavy atom. The van der Waals surface area contributed by atoms with E-state index < -0.39 is 28.6 Å². The third-order valence-corrected chi connectivity index (χ3v) is 2.79. The van der Waals surface area contributed by atoms with Gasteiger partial charge in [0, 0.05) is 0 Å². The molecule has 0 aliphatic carbocycles. The molecule has 0 bridgehead atoms. The molecule has 0 saturated carbocycles. The molecule has 0 radical (unpaired) electrons. The van der Waals surface area contributed by atoms with E-state index in [-0.39, 0.29) is 6.61 Å². The van der Waals surface area contributed by atoms with Crippen molar-refractivity contribution in [1.29, 1.82) is 0 Å². The molecule has 1 saturated heterocycles. The average Bonchev–Trinajstić information content (AvgIpc) is 2.34. The number of aliphatic hydroxyl groups is 1. The maximum Gasteiger partial charge on any atom is 0.235 e. The Bertz CT molecular complexity index is 317. The smallest absolute Gasteiger partial charge is 0.235 e. The van der Waals surface area contributed by atoms with Gasteiger partial charge in [0.25, 0.3) is 0 Å². The van der Waals surface area contributed by atoms with Crippen LogP contribution in [0.3, 0.4) is 0 Å². The lowest BCUT2D eigenvalue weighted by Gasteiger charge is -2.34. The first-order valence-corrected chi connectivity index (χ1v) is 4.18. The lowest BCUT2D eigenvalue weighted by Crippen LogP contribution is -2.59. The van der Waals surface area contributed by atoms with Crippen molar-refractivity contribution in [3.63, 3.8) is 0 Å². The number of ketones is 3. The first kappa shape index (κ1) is 11.0. The predicted octanol–water partition coefficient (Wildman–Crippen LogP) is -0.747. The minimum atomic E-state index is -1.96. The van der Waals surface area contributed by atoms with Gasteiger partial charge in [0.05, 0.1) is 0 Å². The Balaban J connectivity index is 3.14. The van der Waals surface area contributed by atoms with E-state index in [1.807, 2.05) is 0 Å². The highest BCUT2D eigenvalue weighted by atomic mass is 16.5. The van der Waals surface area contributed by atoms with Crippen molar-refractivity contribution in [2.24, 2.45) is 0 Å². The Morgan fingerprint density at radius 3 is 2.36 bits per heavy atom. The molecule has 14 heavy (non-hydrogen) atoms. The molecular formula is C9H12O5. The van der Waals surface area contributed by atoms with E-state index in [1.54, 1.807) is 0 Å². The lowest BCUT2D eigenvalue weighted by atomic mass is 9.80. The summed E-state index contributed by atoms with van der Waals surface area (Å²) in [4.78, 5) is 33.5. The van der Waals surface area contributed by atoms with E-state index >= 15 is 0 Å². The average molecular weight is 200 g/mol. The molecule has 1 aliphatic rings. The number of hydrogen-bond donors (Lipinski definition) is 1. The van der Waals surface area contributed by atoms with Crippen LogP contribution in [0.2, 0.25) is 0 Å². The third-order valence-electron chi connectivity index (χ3n) is 2.79. The van der Waals surface area contributed by atoms with Gasteiger partial charge in [0.15, 0.2) is 17.0 Å². The topological polar surface area (TPSA) is 80.7 Å². The summed E-state index contributed by atoms with van der Waals surface area (Å²) in [5.41, 5.74) is -3.70. The van der Waals surface area contributed by atoms with Crippen LogP contribution in [-0.4, -0.2) is 40.3 Å². The highest BCUT2D eigenvalue weighted by Crippen LogP contribution is 2.32. The molecule has 2 atom stereocenters. The molecule has 1 heterocycles. The highest BCUT2D eigenvalue weighted by Gasteiger charge is 2.59. The second-order valence-corrected chi connectivity index (χ2v) is 3.70. The summed E-state index contributed by atoms with van der Waals surface area (Å²) in [5, 5.41) is 9.79. The van der Waals surface area contributed by atoms with Crippen molar-refractivity contribution in [1.82, 2.24) is 0 Å². The number of rotatable bonds is 2. The van der Waals surface area contributed by atoms with E-state index in [0.29, 0.717) is 0 Å². The van der Waals surface area contributed by atoms with Crippen LogP contribution in [0.1, 0.15) is 20.8 Å². The molecule has 0 amide bonds. The minimum absolute atomic E-state index is 0.376. The lowest BCUT2D eigenvalue weighted by molar-refractivity contribution is -0.173. The van der Waals surface area contributed by atoms with Gasteiger partial charge in [-0.1, -0.05) is 0 Å². The van der Waals surface area contributed by atoms with Gasteiger partial charge in [-0.3, -0.25) is 14.4 Å². The van der Waals surface area contributed by atoms with E-state index in [9.17, 15) is 19.5 Å². The summed E-state index contributed by atoms with van der Waals surface area (Å²) < 4.78 is 4.92. The summed E-state index contributed by atoms with van der Waals surface area (Å²) in [6, 6.07) is 0. The summed E-state index contributed by atoms with van der Waals surface area (Å²) in [6.07, 6.45) is 0. The van der Waals surface area contributed by atoms with Crippen molar-refractivity contribution in [3.8, 4) is 0 Å². The van der Waals surface area contributed by atoms with Crippen molar-refractivity contribution in [2.75, 3.05) is 6.61 Å². The largest absolute Gasteiger partial charge is 0.379 e. The number of carbonyl (C=O) groups excluding carboxylic acids is 3. The molecule has 0 aromatic rings. The van der Waals surface area contributed by atoms with Crippen molar-refractivity contribution < 1.29 is 24.2 Å². The van der Waals surface area contributed by atoms with Gasteiger partial charge in [-0.2, -0.15) is 0 Å². The van der Waals surface area contributed by atoms with Gasteiger partial charge < -0.3 is 9.84 Å². The van der Waals surface area contributed by atoms with Crippen LogP contribution in [0.5, 0.6) is 0 Å². The number of carbonyl (C=O) groups is 3. The number of hydrogen-bond acceptors (Lipinski definition) is 5. The second kappa shape index (κ2) is 2.96. The summed E-state index contributed by atoms with van der Waals surface area (Å²) in [6.45, 7) is 3.19. The zero-order chi connectivity index (χ0) is 11.1. The quantitative estimate of drug-likeness (QED) is 0.593. The second-order valence-electron chi connectivity index (χ2n) is 3.70. The monoisotopic (exact) mass is 200 g/mol. The van der Waals surface area contributed by atoms with Gasteiger partial charge in [-0.25, -0.2) is 0 Å². The number of ether oxygens (including phenoxy) is 1. The van der Waals surface area contributed by atoms with Gasteiger partial charge >= 0.3 is 0 Å². The molecule has 1 N–H and O–H groups in total. The fraction of sp³-hybridized carbons (Fsp3) is 0.667. The van der Waals surface area contributed by atoms with Gasteiger partial charge in [-0.05, 0) is 20.8 Å². The maximum absolute atomic E-state index is 11.4. The molecule has 5 nitrogen and oxygen atoms in total. The maximum atomic E-state index is 11.4. The molecule has 1 aliphatic heterocycles. The van der Waals surface area contributed by atoms with Crippen LogP contribution < -0.4 is 0 Å². The molecular weight excluding hydrogens is 188 g/mol. The summed E-state index contributed by atoms with van der Waals surface area (Å²) in [5.74, 6) is -2.17. The van der Waals surface area contributed by atoms with Gasteiger partial charge in [0.2, 0.25) is 11.6 Å². The standard InChI is InChI=1S/C9H12O5/c1-5(10)8(2,13)9(3)7(12)6(11)4-14-9/h13H,4H2,1-3H3. The van der Waals surface area contributed by atoms with E-state index in [1.165, 1.54) is 13.8 Å². The van der Waals surface area contributed by atoms with E-state index in [4.69, 9.17) is 4.74 Å². The molecule has 0 aromatic heterocycles. The predicted molar refractivity (Wildman–Crippen MR) is 45.7 cm³/mol. The summed E-state index contributed by atoms with van der Waals surface area (Å²) >= 11 is 0. The van der Waals surface area contributed by atoms with Crippen molar-refractivity contribution >= 4 is 17.3 Å². The molecule has 1 rings (SSSR count). The van der Waals surface area contributed by atoms with Gasteiger partial charge in [-0.15, -0.1) is 0 Å². The molecule has 78 valence electrons. The Labute approximate surface area is 81.0 Å². The zero-order valence-electron chi connectivity index (χ0n) is 8.29. The van der Waals surface area contributed by atoms with Crippen LogP contribution >= 0.6 is 0 Å². The fourth-order valence-corrected chi connectivity index (χ4v) is 1.30. The Kier molecular flexibility index (Phi) is 2.33. The molecule has 1 fully saturated rings. The van der Waals surface area contributed by atoms with Crippen LogP contribution in [0, 0.1) is 0 Å². The number of Topliss-reactive ketones (excluding diaryl/α,β-unsaturated/α-hetero) is 3. The van der Waals surface area contributed by atoms with Crippen LogP contribution in [0.4, 0.5) is 0 Å². The van der Waals surface area contributed by atoms with E-state index in [0.717, 1.165) is 6.92 Å². The minimum Gasteiger partial charge on any atom is -0.379 e. The molecule has 0 aromatic carbocycles. The third kappa shape index (κ3) is 1.20. The van der Waals surface area contributed by atoms with Gasteiger partial charge in [0.1, 0.15) is 6.61 Å². The fourth-order valence-electron chi connectivity index (χ4n) is 1.30. The highest BCUT2D eigenvalue weighted by molar-refractivity contribution is 6.43. The SMILES string of the molecule is CC(=O)C(C)(O)C1(C)OCC(=O)C1=O. The zero-order valence-corrected chi connectivity index (χ0v) is 8.29. The Hall–Kier alpha value is -1.07. The van der Waals surface area contributed by atoms with Crippen LogP contribution in [-0.2, 0) is 19.1 Å². The van der Waals surface area contributed by atoms with Crippen molar-refractivity contribution in [3.05, 3.63) is 0 Å². The Morgan fingerprint density at radius 1 is 1.57 bits per heavy atom. The molecule has 2 unspecified atom stereocenters. The van der Waals surface area contributed by atoms with Crippen molar-refractivity contribution in [2.45, 2.75) is 32.0 Å². The first-order valence-electron chi connectivity index (χ1n) is 4.18. The normalized spacial score (nSPS) is 31.7. The summed E-state index contributed by atoms with van der Waals surface area (Å²) in [7, 11) is 0. The molecule has 0 spiro atoms. The first-order chi connectivity index (χ1) is 6.23. The van der Waals surface area contributed by atoms with Crippen LogP contribution in [0.25, 0.3) is 0 Å². The molecule has 5 heteroatoms. The van der Waals surface area contributed by atoms with E-state index in [2.05, 4.69) is 0 Å².